The fourth-order valence-corrected chi connectivity index (χ4v) is 8.48. The molecule has 2 bridgehead atoms. The number of fused-ring (bicyclic) bond motifs is 1. The van der Waals surface area contributed by atoms with Crippen LogP contribution in [-0.4, -0.2) is 64.0 Å². The van der Waals surface area contributed by atoms with Crippen LogP contribution in [-0.2, 0) is 14.4 Å². The molecule has 7 nitrogen and oxygen atoms in total. The molecule has 3 unspecified atom stereocenters. The van der Waals surface area contributed by atoms with Gasteiger partial charge in [-0.2, -0.15) is 0 Å². The average Bonchev–Trinajstić information content (AvgIpc) is 3.39. The van der Waals surface area contributed by atoms with Crippen LogP contribution in [0.25, 0.3) is 0 Å². The number of carbonyl (C=O) groups excluding carboxylic acids is 3. The number of nitrogens with one attached hydrogen (secondary N) is 2. The molecule has 32 heavy (non-hydrogen) atoms. The van der Waals surface area contributed by atoms with Crippen molar-refractivity contribution in [2.24, 2.45) is 17.8 Å². The fourth-order valence-electron chi connectivity index (χ4n) is 6.08. The first-order chi connectivity index (χ1) is 15.4. The van der Waals surface area contributed by atoms with Gasteiger partial charge in [0, 0.05) is 18.8 Å². The summed E-state index contributed by atoms with van der Waals surface area (Å²) >= 11 is 1.65. The Morgan fingerprint density at radius 1 is 1.28 bits per heavy atom. The van der Waals surface area contributed by atoms with Gasteiger partial charge in [-0.05, 0) is 24.3 Å². The molecule has 7 atom stereocenters. The van der Waals surface area contributed by atoms with Gasteiger partial charge in [-0.3, -0.25) is 14.4 Å². The number of unbranched alkanes of at least 4 members (excludes halogenated alkanes) is 1. The minimum atomic E-state index is -0.728. The van der Waals surface area contributed by atoms with E-state index in [0.717, 1.165) is 24.8 Å². The molecule has 1 aromatic carbocycles. The zero-order valence-electron chi connectivity index (χ0n) is 18.9. The molecule has 1 aromatic rings. The third-order valence-corrected chi connectivity index (χ3v) is 9.58. The number of benzene rings is 1. The van der Waals surface area contributed by atoms with Gasteiger partial charge in [-0.25, -0.2) is 0 Å². The highest BCUT2D eigenvalue weighted by molar-refractivity contribution is 8.02. The van der Waals surface area contributed by atoms with Gasteiger partial charge >= 0.3 is 0 Å². The first kappa shape index (κ1) is 23.1. The van der Waals surface area contributed by atoms with Crippen LogP contribution in [0.3, 0.4) is 0 Å². The Bertz CT molecular complexity index is 881. The molecule has 4 rings (SSSR count). The van der Waals surface area contributed by atoms with E-state index in [9.17, 15) is 19.5 Å². The normalized spacial score (nSPS) is 33.8. The lowest BCUT2D eigenvalue weighted by Crippen LogP contribution is -2.57. The maximum atomic E-state index is 14.0. The van der Waals surface area contributed by atoms with Crippen molar-refractivity contribution in [3.63, 3.8) is 0 Å². The number of amides is 3. The van der Waals surface area contributed by atoms with Gasteiger partial charge < -0.3 is 20.6 Å². The van der Waals surface area contributed by atoms with Gasteiger partial charge in [0.1, 0.15) is 6.04 Å². The van der Waals surface area contributed by atoms with Crippen LogP contribution >= 0.6 is 11.8 Å². The van der Waals surface area contributed by atoms with Gasteiger partial charge in [-0.15, -0.1) is 11.8 Å². The summed E-state index contributed by atoms with van der Waals surface area (Å²) in [5, 5.41) is 16.2. The van der Waals surface area contributed by atoms with Crippen molar-refractivity contribution in [3.8, 4) is 0 Å². The zero-order chi connectivity index (χ0) is 23.0. The molecule has 174 valence electrons. The summed E-state index contributed by atoms with van der Waals surface area (Å²) in [4.78, 5) is 42.1. The molecule has 0 aliphatic carbocycles. The van der Waals surface area contributed by atoms with Gasteiger partial charge in [0.2, 0.25) is 17.7 Å². The van der Waals surface area contributed by atoms with E-state index in [0.29, 0.717) is 6.54 Å². The van der Waals surface area contributed by atoms with E-state index < -0.39 is 28.7 Å². The van der Waals surface area contributed by atoms with Crippen LogP contribution in [0.4, 0.5) is 0 Å². The summed E-state index contributed by atoms with van der Waals surface area (Å²) in [5.74, 6) is -1.43. The van der Waals surface area contributed by atoms with Crippen molar-refractivity contribution in [3.05, 3.63) is 35.9 Å². The number of carbonyl (C=O) groups is 3. The van der Waals surface area contributed by atoms with Crippen molar-refractivity contribution in [2.45, 2.75) is 55.2 Å². The van der Waals surface area contributed by atoms with Crippen molar-refractivity contribution in [1.82, 2.24) is 15.5 Å². The maximum Gasteiger partial charge on any atom is 0.244 e. The highest BCUT2D eigenvalue weighted by atomic mass is 32.2. The third-order valence-electron chi connectivity index (χ3n) is 7.50. The molecular formula is C24H33N3O4S. The Morgan fingerprint density at radius 3 is 2.62 bits per heavy atom. The Hall–Kier alpha value is -2.06. The maximum absolute atomic E-state index is 14.0. The second-order valence-corrected chi connectivity index (χ2v) is 10.7. The number of rotatable bonds is 8. The van der Waals surface area contributed by atoms with E-state index >= 15 is 0 Å². The lowest BCUT2D eigenvalue weighted by molar-refractivity contribution is -0.142. The van der Waals surface area contributed by atoms with Gasteiger partial charge in [0.15, 0.2) is 0 Å². The number of hydrogen-bond acceptors (Lipinski definition) is 5. The molecule has 3 aliphatic heterocycles. The van der Waals surface area contributed by atoms with Crippen molar-refractivity contribution in [2.75, 3.05) is 20.2 Å². The third kappa shape index (κ3) is 3.34. The standard InChI is InChI=1S/C24H33N3O4S/c1-4-5-11-26-22(30)20-24-14(2)12-17(32-24)18(21(29)25-3)19(24)23(31)27(20)16(13-28)15-9-7-6-8-10-15/h6-10,14,16-20,28H,4-5,11-13H2,1-3H3,(H,25,29)(H,26,30)/t14?,16-,17+,18-,19+,20?,24?/m1/s1. The predicted molar refractivity (Wildman–Crippen MR) is 124 cm³/mol. The van der Waals surface area contributed by atoms with Gasteiger partial charge in [0.25, 0.3) is 0 Å². The number of nitrogens with zero attached hydrogens (tertiary/aromatic N) is 1. The molecular weight excluding hydrogens is 426 g/mol. The molecule has 8 heteroatoms. The summed E-state index contributed by atoms with van der Waals surface area (Å²) in [6.45, 7) is 4.42. The van der Waals surface area contributed by atoms with E-state index in [1.165, 1.54) is 0 Å². The quantitative estimate of drug-likeness (QED) is 0.514. The van der Waals surface area contributed by atoms with E-state index in [1.807, 2.05) is 30.3 Å². The average molecular weight is 460 g/mol. The summed E-state index contributed by atoms with van der Waals surface area (Å²) in [7, 11) is 1.60. The summed E-state index contributed by atoms with van der Waals surface area (Å²) in [6, 6.07) is 7.99. The fraction of sp³-hybridized carbons (Fsp3) is 0.625. The number of thioether (sulfide) groups is 1. The Morgan fingerprint density at radius 2 is 2.00 bits per heavy atom. The molecule has 0 radical (unpaired) electrons. The SMILES string of the molecule is CCCCNC(=O)C1N([C@H](CO)c2ccccc2)C(=O)[C@@H]2[C@H](C(=O)NC)[C@@H]3CC(C)C12S3. The molecule has 3 saturated heterocycles. The van der Waals surface area contributed by atoms with E-state index in [-0.39, 0.29) is 35.5 Å². The summed E-state index contributed by atoms with van der Waals surface area (Å²) in [5.41, 5.74) is 0.787. The van der Waals surface area contributed by atoms with Crippen LogP contribution in [0.1, 0.15) is 44.7 Å². The Balaban J connectivity index is 1.80. The van der Waals surface area contributed by atoms with Gasteiger partial charge in [0.05, 0.1) is 29.2 Å². The van der Waals surface area contributed by atoms with Crippen LogP contribution < -0.4 is 10.6 Å². The van der Waals surface area contributed by atoms with E-state index in [4.69, 9.17) is 0 Å². The number of likely N-dealkylation sites (tertiary alicyclic amines) is 1. The Labute approximate surface area is 193 Å². The molecule has 3 amide bonds. The zero-order valence-corrected chi connectivity index (χ0v) is 19.7. The topological polar surface area (TPSA) is 98.7 Å². The Kier molecular flexibility index (Phi) is 6.54. The number of aliphatic hydroxyl groups is 1. The summed E-state index contributed by atoms with van der Waals surface area (Å²) < 4.78 is -0.669. The molecule has 1 spiro atoms. The molecule has 0 saturated carbocycles. The molecule has 3 fully saturated rings. The van der Waals surface area contributed by atoms with Crippen LogP contribution in [0, 0.1) is 17.8 Å². The molecule has 0 aromatic heterocycles. The van der Waals surface area contributed by atoms with E-state index in [1.54, 1.807) is 23.7 Å². The van der Waals surface area contributed by atoms with Gasteiger partial charge in [-0.1, -0.05) is 50.6 Å². The lowest BCUT2D eigenvalue weighted by atomic mass is 9.66. The van der Waals surface area contributed by atoms with Crippen molar-refractivity contribution in [1.29, 1.82) is 0 Å². The lowest BCUT2D eigenvalue weighted by Gasteiger charge is -2.40. The van der Waals surface area contributed by atoms with Crippen molar-refractivity contribution >= 4 is 29.5 Å². The van der Waals surface area contributed by atoms with Crippen LogP contribution in [0.5, 0.6) is 0 Å². The molecule has 3 aliphatic rings. The smallest absolute Gasteiger partial charge is 0.244 e. The monoisotopic (exact) mass is 459 g/mol. The highest BCUT2D eigenvalue weighted by Crippen LogP contribution is 2.69. The molecule has 3 heterocycles. The van der Waals surface area contributed by atoms with E-state index in [2.05, 4.69) is 24.5 Å². The van der Waals surface area contributed by atoms with Crippen LogP contribution in [0.2, 0.25) is 0 Å². The first-order valence-electron chi connectivity index (χ1n) is 11.6. The minimum Gasteiger partial charge on any atom is -0.394 e. The minimum absolute atomic E-state index is 0.0243. The van der Waals surface area contributed by atoms with Crippen molar-refractivity contribution < 1.29 is 19.5 Å². The second-order valence-electron chi connectivity index (χ2n) is 9.17. The predicted octanol–water partition coefficient (Wildman–Crippen LogP) is 1.72. The van der Waals surface area contributed by atoms with Crippen LogP contribution in [0.15, 0.2) is 30.3 Å². The highest BCUT2D eigenvalue weighted by Gasteiger charge is 2.76. The second kappa shape index (κ2) is 9.06. The largest absolute Gasteiger partial charge is 0.394 e. The number of aliphatic hydroxyl groups excluding tert-OH is 1. The molecule has 3 N–H and O–H groups in total. The summed E-state index contributed by atoms with van der Waals surface area (Å²) in [6.07, 6.45) is 2.61. The number of hydrogen-bond donors (Lipinski definition) is 3. The first-order valence-corrected chi connectivity index (χ1v) is 12.4.